The molecular formula is C12H7NO2. The van der Waals surface area contributed by atoms with E-state index in [0.717, 1.165) is 16.2 Å². The molecule has 2 aromatic heterocycles. The third kappa shape index (κ3) is 1.21. The number of benzene rings is 1. The van der Waals surface area contributed by atoms with Crippen molar-refractivity contribution in [3.63, 3.8) is 0 Å². The Balaban J connectivity index is 2.63. The van der Waals surface area contributed by atoms with Crippen LogP contribution in [-0.4, -0.2) is 4.98 Å². The highest BCUT2D eigenvalue weighted by Crippen LogP contribution is 2.22. The minimum atomic E-state index is -0.327. The largest absolute Gasteiger partial charge is 0.422 e. The molecule has 0 bridgehead atoms. The highest BCUT2D eigenvalue weighted by Gasteiger charge is 2.02. The molecule has 0 unspecified atom stereocenters. The molecule has 0 atom stereocenters. The van der Waals surface area contributed by atoms with Gasteiger partial charge in [-0.2, -0.15) is 0 Å². The second kappa shape index (κ2) is 2.92. The SMILES string of the molecule is O=c1ccc2ccc3cnccc3c2o1. The van der Waals surface area contributed by atoms with E-state index >= 15 is 0 Å². The molecule has 0 fully saturated rings. The van der Waals surface area contributed by atoms with Crippen LogP contribution >= 0.6 is 0 Å². The van der Waals surface area contributed by atoms with Crippen molar-refractivity contribution in [3.05, 3.63) is 53.1 Å². The normalized spacial score (nSPS) is 10.9. The monoisotopic (exact) mass is 197 g/mol. The van der Waals surface area contributed by atoms with Crippen LogP contribution < -0.4 is 5.63 Å². The van der Waals surface area contributed by atoms with Crippen LogP contribution in [0.3, 0.4) is 0 Å². The van der Waals surface area contributed by atoms with Gasteiger partial charge in [0.2, 0.25) is 0 Å². The molecule has 72 valence electrons. The average molecular weight is 197 g/mol. The van der Waals surface area contributed by atoms with Gasteiger partial charge in [0.05, 0.1) is 0 Å². The fourth-order valence-corrected chi connectivity index (χ4v) is 1.69. The van der Waals surface area contributed by atoms with E-state index in [0.29, 0.717) is 5.58 Å². The van der Waals surface area contributed by atoms with E-state index in [9.17, 15) is 4.79 Å². The molecule has 0 spiro atoms. The van der Waals surface area contributed by atoms with Gasteiger partial charge in [0.15, 0.2) is 0 Å². The second-order valence-corrected chi connectivity index (χ2v) is 3.34. The van der Waals surface area contributed by atoms with Gasteiger partial charge in [-0.1, -0.05) is 12.1 Å². The van der Waals surface area contributed by atoms with E-state index < -0.39 is 0 Å². The van der Waals surface area contributed by atoms with Crippen LogP contribution in [0.1, 0.15) is 0 Å². The zero-order valence-electron chi connectivity index (χ0n) is 7.81. The average Bonchev–Trinajstić information content (AvgIpc) is 2.29. The van der Waals surface area contributed by atoms with Gasteiger partial charge in [0, 0.05) is 34.6 Å². The zero-order valence-corrected chi connectivity index (χ0v) is 7.81. The first-order valence-corrected chi connectivity index (χ1v) is 4.61. The summed E-state index contributed by atoms with van der Waals surface area (Å²) in [6.45, 7) is 0. The second-order valence-electron chi connectivity index (χ2n) is 3.34. The van der Waals surface area contributed by atoms with Crippen LogP contribution in [0.5, 0.6) is 0 Å². The first-order chi connectivity index (χ1) is 7.34. The van der Waals surface area contributed by atoms with Crippen LogP contribution in [0, 0.1) is 0 Å². The minimum absolute atomic E-state index is 0.327. The summed E-state index contributed by atoms with van der Waals surface area (Å²) < 4.78 is 5.19. The molecule has 0 amide bonds. The van der Waals surface area contributed by atoms with Crippen LogP contribution in [0.4, 0.5) is 0 Å². The van der Waals surface area contributed by atoms with Gasteiger partial charge < -0.3 is 4.42 Å². The summed E-state index contributed by atoms with van der Waals surface area (Å²) in [5.41, 5.74) is 0.300. The number of fused-ring (bicyclic) bond motifs is 3. The van der Waals surface area contributed by atoms with Crippen molar-refractivity contribution >= 4 is 21.7 Å². The number of hydrogen-bond donors (Lipinski definition) is 0. The van der Waals surface area contributed by atoms with Crippen molar-refractivity contribution in [1.82, 2.24) is 4.98 Å². The van der Waals surface area contributed by atoms with Crippen molar-refractivity contribution in [2.75, 3.05) is 0 Å². The molecule has 3 heteroatoms. The number of hydrogen-bond acceptors (Lipinski definition) is 3. The lowest BCUT2D eigenvalue weighted by Gasteiger charge is -2.00. The topological polar surface area (TPSA) is 43.1 Å². The van der Waals surface area contributed by atoms with Crippen molar-refractivity contribution in [2.45, 2.75) is 0 Å². The lowest BCUT2D eigenvalue weighted by molar-refractivity contribution is 0.564. The predicted molar refractivity (Wildman–Crippen MR) is 57.8 cm³/mol. The molecule has 0 N–H and O–H groups in total. The molecule has 3 rings (SSSR count). The summed E-state index contributed by atoms with van der Waals surface area (Å²) in [7, 11) is 0. The molecule has 0 aliphatic rings. The predicted octanol–water partition coefficient (Wildman–Crippen LogP) is 2.34. The van der Waals surface area contributed by atoms with E-state index in [1.165, 1.54) is 6.07 Å². The fourth-order valence-electron chi connectivity index (χ4n) is 1.69. The summed E-state index contributed by atoms with van der Waals surface area (Å²) in [5.74, 6) is 0. The number of rotatable bonds is 0. The Labute approximate surface area is 85.0 Å². The molecule has 15 heavy (non-hydrogen) atoms. The van der Waals surface area contributed by atoms with Gasteiger partial charge in [-0.25, -0.2) is 4.79 Å². The van der Waals surface area contributed by atoms with Crippen LogP contribution in [0.2, 0.25) is 0 Å². The maximum Gasteiger partial charge on any atom is 0.336 e. The van der Waals surface area contributed by atoms with Crippen LogP contribution in [0.15, 0.2) is 51.9 Å². The van der Waals surface area contributed by atoms with Crippen molar-refractivity contribution < 1.29 is 4.42 Å². The van der Waals surface area contributed by atoms with Gasteiger partial charge in [-0.05, 0) is 12.1 Å². The maximum atomic E-state index is 11.1. The highest BCUT2D eigenvalue weighted by atomic mass is 16.4. The summed E-state index contributed by atoms with van der Waals surface area (Å²) in [5, 5.41) is 2.81. The Bertz CT molecular complexity index is 700. The lowest BCUT2D eigenvalue weighted by atomic mass is 10.1. The first-order valence-electron chi connectivity index (χ1n) is 4.61. The van der Waals surface area contributed by atoms with Crippen molar-refractivity contribution in [3.8, 4) is 0 Å². The van der Waals surface area contributed by atoms with Gasteiger partial charge in [0.25, 0.3) is 0 Å². The standard InChI is InChI=1S/C12H7NO2/c14-11-4-3-8-1-2-9-7-13-6-5-10(9)12(8)15-11/h1-7H. The molecule has 0 aliphatic carbocycles. The summed E-state index contributed by atoms with van der Waals surface area (Å²) in [4.78, 5) is 15.2. The number of nitrogens with zero attached hydrogens (tertiary/aromatic N) is 1. The Morgan fingerprint density at radius 1 is 1.00 bits per heavy atom. The lowest BCUT2D eigenvalue weighted by Crippen LogP contribution is -1.94. The van der Waals surface area contributed by atoms with Gasteiger partial charge in [-0.3, -0.25) is 4.98 Å². The van der Waals surface area contributed by atoms with E-state index in [2.05, 4.69) is 4.98 Å². The maximum absolute atomic E-state index is 11.1. The molecule has 3 aromatic rings. The Morgan fingerprint density at radius 3 is 2.73 bits per heavy atom. The zero-order chi connectivity index (χ0) is 10.3. The quantitative estimate of drug-likeness (QED) is 0.410. The van der Waals surface area contributed by atoms with E-state index in [4.69, 9.17) is 4.42 Å². The molecule has 1 aromatic carbocycles. The molecule has 0 saturated carbocycles. The van der Waals surface area contributed by atoms with Crippen molar-refractivity contribution in [1.29, 1.82) is 0 Å². The van der Waals surface area contributed by atoms with Crippen LogP contribution in [0.25, 0.3) is 21.7 Å². The minimum Gasteiger partial charge on any atom is -0.422 e. The van der Waals surface area contributed by atoms with Crippen LogP contribution in [-0.2, 0) is 0 Å². The Kier molecular flexibility index (Phi) is 1.59. The smallest absolute Gasteiger partial charge is 0.336 e. The summed E-state index contributed by atoms with van der Waals surface area (Å²) in [6.07, 6.45) is 3.44. The highest BCUT2D eigenvalue weighted by molar-refractivity contribution is 6.03. The molecule has 2 heterocycles. The third-order valence-corrected chi connectivity index (χ3v) is 2.40. The molecular weight excluding hydrogens is 190 g/mol. The Hall–Kier alpha value is -2.16. The van der Waals surface area contributed by atoms with Gasteiger partial charge in [-0.15, -0.1) is 0 Å². The fraction of sp³-hybridized carbons (Fsp3) is 0. The van der Waals surface area contributed by atoms with Crippen molar-refractivity contribution in [2.24, 2.45) is 0 Å². The first kappa shape index (κ1) is 8.17. The van der Waals surface area contributed by atoms with E-state index in [1.54, 1.807) is 18.5 Å². The molecule has 0 radical (unpaired) electrons. The van der Waals surface area contributed by atoms with E-state index in [1.807, 2.05) is 18.2 Å². The molecule has 0 aliphatic heterocycles. The van der Waals surface area contributed by atoms with Gasteiger partial charge >= 0.3 is 5.63 Å². The summed E-state index contributed by atoms with van der Waals surface area (Å²) in [6, 6.07) is 8.92. The van der Waals surface area contributed by atoms with E-state index in [-0.39, 0.29) is 5.63 Å². The number of pyridine rings is 1. The third-order valence-electron chi connectivity index (χ3n) is 2.40. The number of aromatic nitrogens is 1. The van der Waals surface area contributed by atoms with Gasteiger partial charge in [0.1, 0.15) is 5.58 Å². The summed E-state index contributed by atoms with van der Waals surface area (Å²) >= 11 is 0. The molecule has 0 saturated heterocycles. The Morgan fingerprint density at radius 2 is 1.80 bits per heavy atom. The molecule has 3 nitrogen and oxygen atoms in total.